The fourth-order valence-corrected chi connectivity index (χ4v) is 1.72. The zero-order valence-electron chi connectivity index (χ0n) is 9.45. The highest BCUT2D eigenvalue weighted by Gasteiger charge is 2.07. The third kappa shape index (κ3) is 4.60. The number of benzene rings is 1. The zero-order valence-corrected chi connectivity index (χ0v) is 11.0. The highest BCUT2D eigenvalue weighted by molar-refractivity contribution is 6.32. The maximum absolute atomic E-state index is 9.27. The summed E-state index contributed by atoms with van der Waals surface area (Å²) >= 11 is 5.81. The predicted octanol–water partition coefficient (Wildman–Crippen LogP) is 4.05. The Kier molecular flexibility index (Phi) is 7.56. The molecule has 2 nitrogen and oxygen atoms in total. The summed E-state index contributed by atoms with van der Waals surface area (Å²) in [6, 6.07) is 5.19. The fourth-order valence-electron chi connectivity index (χ4n) is 1.53. The minimum Gasteiger partial charge on any atom is -0.506 e. The van der Waals surface area contributed by atoms with Gasteiger partial charge in [0.1, 0.15) is 5.75 Å². The van der Waals surface area contributed by atoms with E-state index in [1.807, 2.05) is 6.07 Å². The van der Waals surface area contributed by atoms with Gasteiger partial charge in [-0.15, -0.1) is 12.4 Å². The lowest BCUT2D eigenvalue weighted by Gasteiger charge is -2.12. The first-order valence-corrected chi connectivity index (χ1v) is 5.77. The summed E-state index contributed by atoms with van der Waals surface area (Å²) in [5.41, 5.74) is 7.01. The number of aromatic hydroxyl groups is 1. The van der Waals surface area contributed by atoms with Crippen molar-refractivity contribution in [2.45, 2.75) is 38.6 Å². The Morgan fingerprint density at radius 3 is 2.62 bits per heavy atom. The summed E-state index contributed by atoms with van der Waals surface area (Å²) in [7, 11) is 0. The van der Waals surface area contributed by atoms with Gasteiger partial charge in [0.2, 0.25) is 0 Å². The van der Waals surface area contributed by atoms with E-state index in [2.05, 4.69) is 6.92 Å². The molecule has 0 aromatic heterocycles. The first-order chi connectivity index (χ1) is 7.15. The molecule has 0 saturated carbocycles. The van der Waals surface area contributed by atoms with E-state index >= 15 is 0 Å². The molecule has 0 bridgehead atoms. The van der Waals surface area contributed by atoms with E-state index in [0.29, 0.717) is 5.02 Å². The number of phenols is 1. The lowest BCUT2D eigenvalue weighted by molar-refractivity contribution is 0.475. The average molecular weight is 264 g/mol. The first kappa shape index (κ1) is 15.6. The van der Waals surface area contributed by atoms with Gasteiger partial charge in [-0.2, -0.15) is 0 Å². The number of rotatable bonds is 5. The smallest absolute Gasteiger partial charge is 0.134 e. The van der Waals surface area contributed by atoms with Crippen LogP contribution in [-0.2, 0) is 0 Å². The van der Waals surface area contributed by atoms with Gasteiger partial charge in [0.25, 0.3) is 0 Å². The highest BCUT2D eigenvalue weighted by atomic mass is 35.5. The van der Waals surface area contributed by atoms with Crippen LogP contribution in [0.3, 0.4) is 0 Å². The lowest BCUT2D eigenvalue weighted by atomic mass is 10.0. The first-order valence-electron chi connectivity index (χ1n) is 5.39. The van der Waals surface area contributed by atoms with Gasteiger partial charge in [0.05, 0.1) is 5.02 Å². The molecule has 0 aliphatic carbocycles. The standard InChI is InChI=1S/C12H18ClNO.ClH/c1-2-3-4-5-11(14)9-6-7-12(15)10(13)8-9;/h6-8,11,15H,2-5,14H2,1H3;1H/t11-;/m0./s1. The van der Waals surface area contributed by atoms with Gasteiger partial charge in [-0.25, -0.2) is 0 Å². The Morgan fingerprint density at radius 2 is 2.06 bits per heavy atom. The van der Waals surface area contributed by atoms with Crippen molar-refractivity contribution in [3.63, 3.8) is 0 Å². The molecule has 0 radical (unpaired) electrons. The van der Waals surface area contributed by atoms with Crippen molar-refractivity contribution >= 4 is 24.0 Å². The van der Waals surface area contributed by atoms with Crippen LogP contribution in [0.15, 0.2) is 18.2 Å². The second kappa shape index (κ2) is 7.77. The molecule has 3 N–H and O–H groups in total. The maximum atomic E-state index is 9.27. The van der Waals surface area contributed by atoms with Crippen molar-refractivity contribution in [2.24, 2.45) is 5.73 Å². The molecule has 4 heteroatoms. The molecule has 0 unspecified atom stereocenters. The Bertz CT molecular complexity index is 318. The second-order valence-corrected chi connectivity index (χ2v) is 4.22. The molecular weight excluding hydrogens is 245 g/mol. The minimum atomic E-state index is 0. The topological polar surface area (TPSA) is 46.2 Å². The number of halogens is 2. The zero-order chi connectivity index (χ0) is 11.3. The van der Waals surface area contributed by atoms with E-state index in [-0.39, 0.29) is 24.2 Å². The lowest BCUT2D eigenvalue weighted by Crippen LogP contribution is -2.09. The Hall–Kier alpha value is -0.440. The summed E-state index contributed by atoms with van der Waals surface area (Å²) < 4.78 is 0. The molecule has 1 rings (SSSR count). The molecule has 0 saturated heterocycles. The van der Waals surface area contributed by atoms with Crippen LogP contribution in [0.5, 0.6) is 5.75 Å². The van der Waals surface area contributed by atoms with E-state index in [9.17, 15) is 5.11 Å². The van der Waals surface area contributed by atoms with Crippen LogP contribution in [0.25, 0.3) is 0 Å². The maximum Gasteiger partial charge on any atom is 0.134 e. The minimum absolute atomic E-state index is 0. The summed E-state index contributed by atoms with van der Waals surface area (Å²) in [6.45, 7) is 2.17. The molecule has 1 aromatic carbocycles. The van der Waals surface area contributed by atoms with E-state index in [0.717, 1.165) is 18.4 Å². The SMILES string of the molecule is CCCCC[C@H](N)c1ccc(O)c(Cl)c1.Cl. The molecule has 0 fully saturated rings. The van der Waals surface area contributed by atoms with Crippen molar-refractivity contribution in [1.82, 2.24) is 0 Å². The molecule has 92 valence electrons. The van der Waals surface area contributed by atoms with Gasteiger partial charge < -0.3 is 10.8 Å². The predicted molar refractivity (Wildman–Crippen MR) is 71.4 cm³/mol. The molecular formula is C12H19Cl2NO. The van der Waals surface area contributed by atoms with Gasteiger partial charge in [0.15, 0.2) is 0 Å². The largest absolute Gasteiger partial charge is 0.506 e. The third-order valence-corrected chi connectivity index (χ3v) is 2.82. The Balaban J connectivity index is 0.00000225. The molecule has 0 aliphatic heterocycles. The molecule has 16 heavy (non-hydrogen) atoms. The third-order valence-electron chi connectivity index (χ3n) is 2.52. The van der Waals surface area contributed by atoms with Crippen LogP contribution in [0.4, 0.5) is 0 Å². The fraction of sp³-hybridized carbons (Fsp3) is 0.500. The number of unbranched alkanes of at least 4 members (excludes halogenated alkanes) is 2. The average Bonchev–Trinajstić information content (AvgIpc) is 2.22. The molecule has 0 aliphatic rings. The summed E-state index contributed by atoms with van der Waals surface area (Å²) in [6.07, 6.45) is 4.51. The molecule has 0 heterocycles. The van der Waals surface area contributed by atoms with Gasteiger partial charge in [-0.1, -0.05) is 43.9 Å². The number of hydrogen-bond donors (Lipinski definition) is 2. The Labute approximate surface area is 108 Å². The van der Waals surface area contributed by atoms with Crippen LogP contribution in [0.2, 0.25) is 5.02 Å². The number of nitrogens with two attached hydrogens (primary N) is 1. The van der Waals surface area contributed by atoms with Crippen molar-refractivity contribution in [3.05, 3.63) is 28.8 Å². The van der Waals surface area contributed by atoms with Gasteiger partial charge >= 0.3 is 0 Å². The van der Waals surface area contributed by atoms with E-state index in [1.165, 1.54) is 12.8 Å². The monoisotopic (exact) mass is 263 g/mol. The summed E-state index contributed by atoms with van der Waals surface area (Å²) in [4.78, 5) is 0. The second-order valence-electron chi connectivity index (χ2n) is 3.81. The van der Waals surface area contributed by atoms with E-state index < -0.39 is 0 Å². The van der Waals surface area contributed by atoms with Crippen LogP contribution < -0.4 is 5.73 Å². The van der Waals surface area contributed by atoms with Crippen molar-refractivity contribution < 1.29 is 5.11 Å². The normalized spacial score (nSPS) is 11.9. The molecule has 1 atom stereocenters. The van der Waals surface area contributed by atoms with Crippen molar-refractivity contribution in [3.8, 4) is 5.75 Å². The molecule has 0 amide bonds. The van der Waals surface area contributed by atoms with Crippen LogP contribution in [0.1, 0.15) is 44.2 Å². The van der Waals surface area contributed by atoms with Crippen LogP contribution >= 0.6 is 24.0 Å². The number of hydrogen-bond acceptors (Lipinski definition) is 2. The van der Waals surface area contributed by atoms with Crippen molar-refractivity contribution in [2.75, 3.05) is 0 Å². The Morgan fingerprint density at radius 1 is 1.38 bits per heavy atom. The quantitative estimate of drug-likeness (QED) is 0.788. The number of phenolic OH excluding ortho intramolecular Hbond substituents is 1. The summed E-state index contributed by atoms with van der Waals surface area (Å²) in [5.74, 6) is 0.112. The van der Waals surface area contributed by atoms with E-state index in [1.54, 1.807) is 12.1 Å². The van der Waals surface area contributed by atoms with E-state index in [4.69, 9.17) is 17.3 Å². The molecule has 0 spiro atoms. The van der Waals surface area contributed by atoms with Crippen LogP contribution in [0, 0.1) is 0 Å². The molecule has 1 aromatic rings. The summed E-state index contributed by atoms with van der Waals surface area (Å²) in [5, 5.41) is 9.64. The van der Waals surface area contributed by atoms with Gasteiger partial charge in [0, 0.05) is 6.04 Å². The van der Waals surface area contributed by atoms with Crippen molar-refractivity contribution in [1.29, 1.82) is 0 Å². The van der Waals surface area contributed by atoms with Gasteiger partial charge in [-0.3, -0.25) is 0 Å². The highest BCUT2D eigenvalue weighted by Crippen LogP contribution is 2.27. The van der Waals surface area contributed by atoms with Gasteiger partial charge in [-0.05, 0) is 24.1 Å². The van der Waals surface area contributed by atoms with Crippen LogP contribution in [-0.4, -0.2) is 5.11 Å².